The summed E-state index contributed by atoms with van der Waals surface area (Å²) in [7, 11) is 3.30. The van der Waals surface area contributed by atoms with Gasteiger partial charge in [0.15, 0.2) is 11.5 Å². The third-order valence-electron chi connectivity index (χ3n) is 3.11. The van der Waals surface area contributed by atoms with Crippen LogP contribution in [0.2, 0.25) is 0 Å². The third kappa shape index (κ3) is 3.99. The molecule has 2 rings (SSSR count). The van der Waals surface area contributed by atoms with Crippen molar-refractivity contribution in [1.82, 2.24) is 14.9 Å². The summed E-state index contributed by atoms with van der Waals surface area (Å²) < 4.78 is 12.6. The molecule has 0 fully saturated rings. The fraction of sp³-hybridized carbons (Fsp3) is 0.400. The van der Waals surface area contributed by atoms with E-state index in [1.807, 2.05) is 30.7 Å². The average molecular weight is 275 g/mol. The van der Waals surface area contributed by atoms with Gasteiger partial charge in [-0.3, -0.25) is 0 Å². The number of benzene rings is 1. The molecule has 0 unspecified atom stereocenters. The second-order valence-electron chi connectivity index (χ2n) is 4.52. The van der Waals surface area contributed by atoms with E-state index in [4.69, 9.17) is 9.47 Å². The fourth-order valence-corrected chi connectivity index (χ4v) is 2.03. The van der Waals surface area contributed by atoms with Crippen LogP contribution in [0.15, 0.2) is 36.9 Å². The number of hydrogen-bond donors (Lipinski definition) is 1. The van der Waals surface area contributed by atoms with E-state index >= 15 is 0 Å². The number of hydrogen-bond acceptors (Lipinski definition) is 4. The Morgan fingerprint density at radius 2 is 2.05 bits per heavy atom. The second-order valence-corrected chi connectivity index (χ2v) is 4.52. The van der Waals surface area contributed by atoms with Gasteiger partial charge >= 0.3 is 0 Å². The van der Waals surface area contributed by atoms with Crippen molar-refractivity contribution >= 4 is 0 Å². The van der Waals surface area contributed by atoms with Gasteiger partial charge in [-0.25, -0.2) is 4.98 Å². The Labute approximate surface area is 119 Å². The van der Waals surface area contributed by atoms with E-state index < -0.39 is 0 Å². The van der Waals surface area contributed by atoms with Crippen molar-refractivity contribution in [3.05, 3.63) is 42.5 Å². The molecule has 1 aromatic carbocycles. The van der Waals surface area contributed by atoms with Crippen molar-refractivity contribution in [2.24, 2.45) is 0 Å². The lowest BCUT2D eigenvalue weighted by atomic mass is 10.2. The van der Waals surface area contributed by atoms with Gasteiger partial charge in [-0.05, 0) is 30.7 Å². The van der Waals surface area contributed by atoms with E-state index in [0.29, 0.717) is 0 Å². The number of ether oxygens (including phenoxy) is 2. The largest absolute Gasteiger partial charge is 0.493 e. The molecule has 0 aliphatic rings. The predicted molar refractivity (Wildman–Crippen MR) is 78.1 cm³/mol. The molecule has 1 N–H and O–H groups in total. The Hall–Kier alpha value is -2.01. The summed E-state index contributed by atoms with van der Waals surface area (Å²) in [6.45, 7) is 2.77. The number of nitrogens with one attached hydrogen (secondary N) is 1. The molecule has 0 saturated carbocycles. The third-order valence-corrected chi connectivity index (χ3v) is 3.11. The standard InChI is InChI=1S/C15H21N3O2/c1-19-14-5-4-13(10-15(14)20-2)11-16-6-3-8-18-9-7-17-12-18/h4-5,7,9-10,12,16H,3,6,8,11H2,1-2H3. The van der Waals surface area contributed by atoms with Crippen LogP contribution in [-0.2, 0) is 13.1 Å². The van der Waals surface area contributed by atoms with Crippen LogP contribution in [-0.4, -0.2) is 30.3 Å². The first-order valence-corrected chi connectivity index (χ1v) is 6.71. The number of imidazole rings is 1. The number of aryl methyl sites for hydroxylation is 1. The van der Waals surface area contributed by atoms with Gasteiger partial charge in [-0.15, -0.1) is 0 Å². The fourth-order valence-electron chi connectivity index (χ4n) is 2.03. The predicted octanol–water partition coefficient (Wildman–Crippen LogP) is 2.08. The zero-order valence-electron chi connectivity index (χ0n) is 12.0. The first kappa shape index (κ1) is 14.4. The van der Waals surface area contributed by atoms with Crippen LogP contribution in [0.4, 0.5) is 0 Å². The van der Waals surface area contributed by atoms with Crippen LogP contribution in [0.5, 0.6) is 11.5 Å². The highest BCUT2D eigenvalue weighted by atomic mass is 16.5. The lowest BCUT2D eigenvalue weighted by Crippen LogP contribution is -2.16. The lowest BCUT2D eigenvalue weighted by Gasteiger charge is -2.10. The van der Waals surface area contributed by atoms with Gasteiger partial charge in [-0.2, -0.15) is 0 Å². The van der Waals surface area contributed by atoms with Crippen molar-refractivity contribution in [2.75, 3.05) is 20.8 Å². The monoisotopic (exact) mass is 275 g/mol. The van der Waals surface area contributed by atoms with E-state index in [-0.39, 0.29) is 0 Å². The van der Waals surface area contributed by atoms with Gasteiger partial charge in [0, 0.05) is 25.5 Å². The first-order valence-electron chi connectivity index (χ1n) is 6.71. The second kappa shape index (κ2) is 7.55. The lowest BCUT2D eigenvalue weighted by molar-refractivity contribution is 0.354. The molecule has 0 aliphatic heterocycles. The molecule has 20 heavy (non-hydrogen) atoms. The zero-order valence-corrected chi connectivity index (χ0v) is 12.0. The molecular weight excluding hydrogens is 254 g/mol. The van der Waals surface area contributed by atoms with Gasteiger partial charge in [0.2, 0.25) is 0 Å². The number of aromatic nitrogens is 2. The first-order chi connectivity index (χ1) is 9.83. The van der Waals surface area contributed by atoms with Crippen LogP contribution in [0, 0.1) is 0 Å². The number of methoxy groups -OCH3 is 2. The molecule has 0 radical (unpaired) electrons. The Morgan fingerprint density at radius 3 is 2.75 bits per heavy atom. The summed E-state index contributed by atoms with van der Waals surface area (Å²) in [6, 6.07) is 5.98. The molecule has 5 heteroatoms. The smallest absolute Gasteiger partial charge is 0.161 e. The number of rotatable bonds is 8. The summed E-state index contributed by atoms with van der Waals surface area (Å²) in [5.74, 6) is 1.53. The maximum absolute atomic E-state index is 5.29. The minimum atomic E-state index is 0.761. The van der Waals surface area contributed by atoms with Crippen molar-refractivity contribution in [1.29, 1.82) is 0 Å². The molecule has 1 aromatic heterocycles. The molecule has 2 aromatic rings. The van der Waals surface area contributed by atoms with Gasteiger partial charge in [0.1, 0.15) is 0 Å². The summed E-state index contributed by atoms with van der Waals surface area (Å²) in [5.41, 5.74) is 1.19. The highest BCUT2D eigenvalue weighted by Gasteiger charge is 2.03. The summed E-state index contributed by atoms with van der Waals surface area (Å²) in [6.07, 6.45) is 6.70. The van der Waals surface area contributed by atoms with Crippen LogP contribution < -0.4 is 14.8 Å². The van der Waals surface area contributed by atoms with Crippen LogP contribution in [0.3, 0.4) is 0 Å². The minimum absolute atomic E-state index is 0.761. The Morgan fingerprint density at radius 1 is 1.20 bits per heavy atom. The van der Waals surface area contributed by atoms with Gasteiger partial charge in [0.05, 0.1) is 20.5 Å². The van der Waals surface area contributed by atoms with Crippen LogP contribution >= 0.6 is 0 Å². The SMILES string of the molecule is COc1ccc(CNCCCn2ccnc2)cc1OC. The molecule has 0 aliphatic carbocycles. The Balaban J connectivity index is 1.73. The molecule has 0 spiro atoms. The molecule has 5 nitrogen and oxygen atoms in total. The van der Waals surface area contributed by atoms with Crippen LogP contribution in [0.1, 0.15) is 12.0 Å². The summed E-state index contributed by atoms with van der Waals surface area (Å²) in [4.78, 5) is 4.02. The molecule has 1 heterocycles. The van der Waals surface area contributed by atoms with Gasteiger partial charge in [0.25, 0.3) is 0 Å². The summed E-state index contributed by atoms with van der Waals surface area (Å²) >= 11 is 0. The highest BCUT2D eigenvalue weighted by molar-refractivity contribution is 5.42. The summed E-state index contributed by atoms with van der Waals surface area (Å²) in [5, 5.41) is 3.42. The number of nitrogens with zero attached hydrogens (tertiary/aromatic N) is 2. The van der Waals surface area contributed by atoms with E-state index in [0.717, 1.165) is 37.6 Å². The van der Waals surface area contributed by atoms with Gasteiger partial charge in [-0.1, -0.05) is 6.07 Å². The topological polar surface area (TPSA) is 48.3 Å². The van der Waals surface area contributed by atoms with E-state index in [2.05, 4.69) is 14.9 Å². The molecular formula is C15H21N3O2. The maximum Gasteiger partial charge on any atom is 0.161 e. The van der Waals surface area contributed by atoms with Crippen molar-refractivity contribution < 1.29 is 9.47 Å². The average Bonchev–Trinajstić information content (AvgIpc) is 3.00. The minimum Gasteiger partial charge on any atom is -0.493 e. The normalized spacial score (nSPS) is 10.5. The van der Waals surface area contributed by atoms with E-state index in [9.17, 15) is 0 Å². The maximum atomic E-state index is 5.29. The van der Waals surface area contributed by atoms with E-state index in [1.165, 1.54) is 5.56 Å². The van der Waals surface area contributed by atoms with Crippen molar-refractivity contribution in [3.63, 3.8) is 0 Å². The molecule has 108 valence electrons. The zero-order chi connectivity index (χ0) is 14.2. The highest BCUT2D eigenvalue weighted by Crippen LogP contribution is 2.27. The van der Waals surface area contributed by atoms with Crippen LogP contribution in [0.25, 0.3) is 0 Å². The molecule has 0 saturated heterocycles. The van der Waals surface area contributed by atoms with Crippen molar-refractivity contribution in [3.8, 4) is 11.5 Å². The van der Waals surface area contributed by atoms with Crippen molar-refractivity contribution in [2.45, 2.75) is 19.5 Å². The molecule has 0 bridgehead atoms. The Bertz CT molecular complexity index is 512. The van der Waals surface area contributed by atoms with E-state index in [1.54, 1.807) is 20.4 Å². The molecule has 0 amide bonds. The Kier molecular flexibility index (Phi) is 5.43. The molecule has 0 atom stereocenters. The quantitative estimate of drug-likeness (QED) is 0.749. The van der Waals surface area contributed by atoms with Gasteiger partial charge < -0.3 is 19.4 Å².